The number of hydrogen-bond donors (Lipinski definition) is 6. The average molecular weight is 496 g/mol. The first-order chi connectivity index (χ1) is 17.0. The lowest BCUT2D eigenvalue weighted by atomic mass is 10.1. The Bertz CT molecular complexity index is 1030. The van der Waals surface area contributed by atoms with E-state index >= 15 is 0 Å². The fraction of sp³-hybridized carbons (Fsp3) is 0.370. The van der Waals surface area contributed by atoms with Crippen LogP contribution in [0.5, 0.6) is 0 Å². The minimum absolute atomic E-state index is 0. The Hall–Kier alpha value is -3.71. The molecule has 194 valence electrons. The third kappa shape index (κ3) is 10.7. The number of carbonyl (C=O) groups is 3. The number of hydroxylamine groups is 1. The van der Waals surface area contributed by atoms with Crippen LogP contribution < -0.4 is 27.2 Å². The minimum atomic E-state index is -1.04. The molecule has 0 spiro atoms. The van der Waals surface area contributed by atoms with Crippen LogP contribution in [0.25, 0.3) is 0 Å². The predicted octanol–water partition coefficient (Wildman–Crippen LogP) is 2.39. The van der Waals surface area contributed by atoms with Crippen LogP contribution in [0.4, 0.5) is 5.69 Å². The second-order valence-corrected chi connectivity index (χ2v) is 7.93. The Balaban J connectivity index is 0.00000648. The lowest BCUT2D eigenvalue weighted by molar-refractivity contribution is -0.130. The first-order valence-corrected chi connectivity index (χ1v) is 11.6. The molecule has 0 heterocycles. The van der Waals surface area contributed by atoms with E-state index in [1.165, 1.54) is 24.7 Å². The van der Waals surface area contributed by atoms with Gasteiger partial charge in [0.25, 0.3) is 11.8 Å². The zero-order valence-electron chi connectivity index (χ0n) is 19.9. The topological polar surface area (TPSA) is 146 Å². The lowest BCUT2D eigenvalue weighted by Crippen LogP contribution is -2.50. The maximum absolute atomic E-state index is 12.2. The van der Waals surface area contributed by atoms with Crippen molar-refractivity contribution >= 4 is 23.4 Å². The molecule has 7 N–H and O–H groups in total. The van der Waals surface area contributed by atoms with E-state index in [2.05, 4.69) is 34.7 Å². The van der Waals surface area contributed by atoms with Crippen molar-refractivity contribution in [1.29, 1.82) is 0 Å². The zero-order chi connectivity index (χ0) is 25.5. The van der Waals surface area contributed by atoms with Crippen molar-refractivity contribution in [3.8, 4) is 11.8 Å². The molecule has 0 fully saturated rings. The maximum atomic E-state index is 12.2. The van der Waals surface area contributed by atoms with Gasteiger partial charge in [0.15, 0.2) is 0 Å². The first-order valence-electron chi connectivity index (χ1n) is 11.6. The molecule has 0 aliphatic heterocycles. The molecule has 2 aromatic rings. The number of anilines is 1. The van der Waals surface area contributed by atoms with Gasteiger partial charge >= 0.3 is 0 Å². The monoisotopic (exact) mass is 495 g/mol. The molecular formula is C27H37N5O4. The molecule has 0 saturated heterocycles. The molecule has 0 aliphatic rings. The van der Waals surface area contributed by atoms with Gasteiger partial charge in [0, 0.05) is 28.9 Å². The van der Waals surface area contributed by atoms with Gasteiger partial charge in [-0.25, -0.2) is 5.48 Å². The molecule has 2 aromatic carbocycles. The van der Waals surface area contributed by atoms with E-state index in [0.29, 0.717) is 16.8 Å². The molecular weight excluding hydrogens is 458 g/mol. The number of hydrogen-bond acceptors (Lipinski definition) is 6. The van der Waals surface area contributed by atoms with Gasteiger partial charge in [0.2, 0.25) is 5.91 Å². The SMILES string of the molecule is C.CCCCCCNCC(=O)Nc1ccc(C#Cc2ccc(C(=O)N[C@@H](CN)C(=O)NO)cc2)cc1. The summed E-state index contributed by atoms with van der Waals surface area (Å²) in [6.07, 6.45) is 4.65. The minimum Gasteiger partial charge on any atom is -0.339 e. The van der Waals surface area contributed by atoms with Crippen molar-refractivity contribution in [3.05, 3.63) is 65.2 Å². The summed E-state index contributed by atoms with van der Waals surface area (Å²) >= 11 is 0. The number of carbonyl (C=O) groups excluding carboxylic acids is 3. The number of nitrogens with two attached hydrogens (primary N) is 1. The van der Waals surface area contributed by atoms with E-state index in [9.17, 15) is 14.4 Å². The van der Waals surface area contributed by atoms with E-state index < -0.39 is 17.9 Å². The van der Waals surface area contributed by atoms with E-state index in [1.807, 2.05) is 12.1 Å². The van der Waals surface area contributed by atoms with Crippen LogP contribution in [0.3, 0.4) is 0 Å². The van der Waals surface area contributed by atoms with Crippen LogP contribution in [0.1, 0.15) is 61.5 Å². The molecule has 0 bridgehead atoms. The Kier molecular flexibility index (Phi) is 14.2. The molecule has 36 heavy (non-hydrogen) atoms. The summed E-state index contributed by atoms with van der Waals surface area (Å²) in [5.41, 5.74) is 9.42. The van der Waals surface area contributed by atoms with Crippen LogP contribution >= 0.6 is 0 Å². The first kappa shape index (κ1) is 30.3. The third-order valence-electron chi connectivity index (χ3n) is 5.13. The molecule has 9 nitrogen and oxygen atoms in total. The maximum Gasteiger partial charge on any atom is 0.267 e. The number of nitrogens with one attached hydrogen (secondary N) is 4. The van der Waals surface area contributed by atoms with Crippen molar-refractivity contribution in [2.75, 3.05) is 25.0 Å². The van der Waals surface area contributed by atoms with Crippen molar-refractivity contribution in [3.63, 3.8) is 0 Å². The number of rotatable bonds is 12. The highest BCUT2D eigenvalue weighted by molar-refractivity contribution is 5.97. The van der Waals surface area contributed by atoms with Crippen LogP contribution in [0.2, 0.25) is 0 Å². The average Bonchev–Trinajstić information content (AvgIpc) is 2.88. The van der Waals surface area contributed by atoms with Crippen LogP contribution in [-0.2, 0) is 9.59 Å². The third-order valence-corrected chi connectivity index (χ3v) is 5.13. The number of unbranched alkanes of at least 4 members (excludes halogenated alkanes) is 3. The lowest BCUT2D eigenvalue weighted by Gasteiger charge is -2.14. The van der Waals surface area contributed by atoms with Crippen molar-refractivity contribution < 1.29 is 19.6 Å². The summed E-state index contributed by atoms with van der Waals surface area (Å²) in [6, 6.07) is 12.8. The molecule has 9 heteroatoms. The Morgan fingerprint density at radius 1 is 0.944 bits per heavy atom. The fourth-order valence-electron chi connectivity index (χ4n) is 3.12. The fourth-order valence-corrected chi connectivity index (χ4v) is 3.12. The second kappa shape index (κ2) is 16.8. The number of benzene rings is 2. The quantitative estimate of drug-likeness (QED) is 0.115. The summed E-state index contributed by atoms with van der Waals surface area (Å²) in [5, 5.41) is 17.1. The van der Waals surface area contributed by atoms with Crippen LogP contribution in [0, 0.1) is 11.8 Å². The summed E-state index contributed by atoms with van der Waals surface area (Å²) in [6.45, 7) is 3.13. The summed E-state index contributed by atoms with van der Waals surface area (Å²) in [5.74, 6) is 4.69. The predicted molar refractivity (Wildman–Crippen MR) is 141 cm³/mol. The summed E-state index contributed by atoms with van der Waals surface area (Å²) in [4.78, 5) is 35.7. The normalized spacial score (nSPS) is 10.8. The van der Waals surface area contributed by atoms with Crippen molar-refractivity contribution in [2.45, 2.75) is 46.1 Å². The van der Waals surface area contributed by atoms with Gasteiger partial charge in [-0.1, -0.05) is 45.5 Å². The van der Waals surface area contributed by atoms with E-state index in [0.717, 1.165) is 18.5 Å². The molecule has 0 aromatic heterocycles. The van der Waals surface area contributed by atoms with Gasteiger partial charge in [0.1, 0.15) is 6.04 Å². The molecule has 0 saturated carbocycles. The summed E-state index contributed by atoms with van der Waals surface area (Å²) < 4.78 is 0. The van der Waals surface area contributed by atoms with Crippen LogP contribution in [-0.4, -0.2) is 48.6 Å². The van der Waals surface area contributed by atoms with E-state index in [4.69, 9.17) is 10.9 Å². The van der Waals surface area contributed by atoms with Gasteiger partial charge in [-0.05, 0) is 61.5 Å². The Morgan fingerprint density at radius 3 is 2.11 bits per heavy atom. The van der Waals surface area contributed by atoms with Gasteiger partial charge in [-0.3, -0.25) is 19.6 Å². The van der Waals surface area contributed by atoms with Gasteiger partial charge in [-0.2, -0.15) is 0 Å². The molecule has 0 radical (unpaired) electrons. The second-order valence-electron chi connectivity index (χ2n) is 7.93. The van der Waals surface area contributed by atoms with Gasteiger partial charge in [0.05, 0.1) is 6.54 Å². The van der Waals surface area contributed by atoms with Crippen molar-refractivity contribution in [1.82, 2.24) is 16.1 Å². The molecule has 0 unspecified atom stereocenters. The summed E-state index contributed by atoms with van der Waals surface area (Å²) in [7, 11) is 0. The number of amides is 3. The van der Waals surface area contributed by atoms with Gasteiger partial charge in [-0.15, -0.1) is 0 Å². The van der Waals surface area contributed by atoms with Crippen molar-refractivity contribution in [2.24, 2.45) is 5.73 Å². The highest BCUT2D eigenvalue weighted by Crippen LogP contribution is 2.09. The van der Waals surface area contributed by atoms with Gasteiger partial charge < -0.3 is 21.7 Å². The Morgan fingerprint density at radius 2 is 1.56 bits per heavy atom. The molecule has 1 atom stereocenters. The molecule has 2 rings (SSSR count). The zero-order valence-corrected chi connectivity index (χ0v) is 19.9. The van der Waals surface area contributed by atoms with Crippen LogP contribution in [0.15, 0.2) is 48.5 Å². The van der Waals surface area contributed by atoms with E-state index in [1.54, 1.807) is 36.4 Å². The smallest absolute Gasteiger partial charge is 0.267 e. The molecule has 0 aliphatic carbocycles. The largest absolute Gasteiger partial charge is 0.339 e. The standard InChI is InChI=1S/C26H33N5O4.CH4/c1-2-3-4-5-16-28-18-24(32)29-22-14-10-20(11-15-22)7-6-19-8-12-21(13-9-19)25(33)30-23(17-27)26(34)31-35;/h8-15,23,28,35H,2-5,16-18,27H2,1H3,(H,29,32)(H,30,33)(H,31,34);1H4/t23-;/m0./s1. The highest BCUT2D eigenvalue weighted by Gasteiger charge is 2.19. The van der Waals surface area contributed by atoms with E-state index in [-0.39, 0.29) is 26.4 Å². The Labute approximate surface area is 213 Å². The molecule has 3 amide bonds. The highest BCUT2D eigenvalue weighted by atomic mass is 16.5.